The van der Waals surface area contributed by atoms with Crippen molar-refractivity contribution in [3.63, 3.8) is 0 Å². The van der Waals surface area contributed by atoms with E-state index >= 15 is 0 Å². The summed E-state index contributed by atoms with van der Waals surface area (Å²) >= 11 is 0. The van der Waals surface area contributed by atoms with Crippen molar-refractivity contribution in [2.24, 2.45) is 0 Å². The van der Waals surface area contributed by atoms with Crippen LogP contribution in [-0.4, -0.2) is 71.8 Å². The number of ether oxygens (including phenoxy) is 3. The molecule has 0 aliphatic heterocycles. The molecule has 0 radical (unpaired) electrons. The summed E-state index contributed by atoms with van der Waals surface area (Å²) in [5.41, 5.74) is 1.76. The minimum absolute atomic E-state index is 0.0477. The van der Waals surface area contributed by atoms with Crippen molar-refractivity contribution in [1.29, 1.82) is 0 Å². The highest BCUT2D eigenvalue weighted by atomic mass is 32.2. The SMILES string of the molecule is CCCCNC(=O)[C@H](Cc1ccccc1)N(Cc1cccc(OC)c1)C(=O)CN(c1ccc(OC)cc1OC)S(C)(=O)=O. The average Bonchev–Trinajstić information content (AvgIpc) is 3.01. The van der Waals surface area contributed by atoms with Crippen LogP contribution in [0.1, 0.15) is 30.9 Å². The predicted molar refractivity (Wildman–Crippen MR) is 167 cm³/mol. The van der Waals surface area contributed by atoms with E-state index in [2.05, 4.69) is 5.32 Å². The summed E-state index contributed by atoms with van der Waals surface area (Å²) in [4.78, 5) is 29.4. The van der Waals surface area contributed by atoms with Gasteiger partial charge < -0.3 is 24.4 Å². The van der Waals surface area contributed by atoms with E-state index in [9.17, 15) is 18.0 Å². The highest BCUT2D eigenvalue weighted by Crippen LogP contribution is 2.34. The molecule has 0 unspecified atom stereocenters. The Bertz CT molecular complexity index is 1460. The Morgan fingerprint density at radius 3 is 2.16 bits per heavy atom. The first-order chi connectivity index (χ1) is 20.6. The molecule has 2 amide bonds. The summed E-state index contributed by atoms with van der Waals surface area (Å²) in [6.45, 7) is 1.98. The van der Waals surface area contributed by atoms with E-state index in [-0.39, 0.29) is 30.3 Å². The monoisotopic (exact) mass is 611 g/mol. The van der Waals surface area contributed by atoms with Gasteiger partial charge in [-0.15, -0.1) is 0 Å². The molecular formula is C32H41N3O7S. The molecule has 0 saturated carbocycles. The number of anilines is 1. The Morgan fingerprint density at radius 1 is 0.860 bits per heavy atom. The molecule has 11 heteroatoms. The number of rotatable bonds is 16. The third-order valence-electron chi connectivity index (χ3n) is 6.92. The molecule has 0 spiro atoms. The number of carbonyl (C=O) groups excluding carboxylic acids is 2. The zero-order valence-electron chi connectivity index (χ0n) is 25.4. The normalized spacial score (nSPS) is 11.7. The van der Waals surface area contributed by atoms with Crippen molar-refractivity contribution in [1.82, 2.24) is 10.2 Å². The van der Waals surface area contributed by atoms with Crippen LogP contribution in [-0.2, 0) is 32.6 Å². The predicted octanol–water partition coefficient (Wildman–Crippen LogP) is 4.03. The molecule has 10 nitrogen and oxygen atoms in total. The van der Waals surface area contributed by atoms with Gasteiger partial charge in [0.1, 0.15) is 29.8 Å². The second-order valence-corrected chi connectivity index (χ2v) is 11.9. The van der Waals surface area contributed by atoms with Gasteiger partial charge in [-0.2, -0.15) is 0 Å². The van der Waals surface area contributed by atoms with Crippen LogP contribution in [0.25, 0.3) is 0 Å². The Kier molecular flexibility index (Phi) is 12.2. The lowest BCUT2D eigenvalue weighted by molar-refractivity contribution is -0.140. The number of amides is 2. The molecule has 0 bridgehead atoms. The number of benzene rings is 3. The van der Waals surface area contributed by atoms with Gasteiger partial charge >= 0.3 is 0 Å². The van der Waals surface area contributed by atoms with E-state index < -0.39 is 28.5 Å². The van der Waals surface area contributed by atoms with E-state index in [1.165, 1.54) is 25.2 Å². The fourth-order valence-corrected chi connectivity index (χ4v) is 5.47. The lowest BCUT2D eigenvalue weighted by Crippen LogP contribution is -2.53. The number of hydrogen-bond donors (Lipinski definition) is 1. The van der Waals surface area contributed by atoms with Gasteiger partial charge in [-0.1, -0.05) is 55.8 Å². The number of hydrogen-bond acceptors (Lipinski definition) is 7. The maximum Gasteiger partial charge on any atom is 0.244 e. The van der Waals surface area contributed by atoms with Gasteiger partial charge in [0, 0.05) is 25.6 Å². The van der Waals surface area contributed by atoms with E-state index in [0.29, 0.717) is 18.0 Å². The van der Waals surface area contributed by atoms with E-state index in [1.54, 1.807) is 37.4 Å². The molecule has 3 rings (SSSR count). The van der Waals surface area contributed by atoms with Crippen molar-refractivity contribution < 1.29 is 32.2 Å². The minimum Gasteiger partial charge on any atom is -0.497 e. The molecule has 43 heavy (non-hydrogen) atoms. The van der Waals surface area contributed by atoms with Gasteiger partial charge in [-0.3, -0.25) is 13.9 Å². The molecule has 0 fully saturated rings. The Hall–Kier alpha value is -4.25. The van der Waals surface area contributed by atoms with Crippen LogP contribution in [0.5, 0.6) is 17.2 Å². The van der Waals surface area contributed by atoms with Gasteiger partial charge in [0.05, 0.1) is 33.3 Å². The largest absolute Gasteiger partial charge is 0.497 e. The first-order valence-electron chi connectivity index (χ1n) is 14.0. The van der Waals surface area contributed by atoms with Crippen LogP contribution in [0.15, 0.2) is 72.8 Å². The van der Waals surface area contributed by atoms with E-state index in [4.69, 9.17) is 14.2 Å². The number of methoxy groups -OCH3 is 3. The summed E-state index contributed by atoms with van der Waals surface area (Å²) in [5, 5.41) is 2.97. The van der Waals surface area contributed by atoms with E-state index in [1.807, 2.05) is 43.3 Å². The van der Waals surface area contributed by atoms with Crippen LogP contribution in [0.2, 0.25) is 0 Å². The van der Waals surface area contributed by atoms with E-state index in [0.717, 1.165) is 34.5 Å². The molecule has 0 saturated heterocycles. The molecule has 232 valence electrons. The summed E-state index contributed by atoms with van der Waals surface area (Å²) in [7, 11) is 0.485. The Morgan fingerprint density at radius 2 is 1.53 bits per heavy atom. The molecule has 0 heterocycles. The Labute approximate surface area is 254 Å². The maximum absolute atomic E-state index is 14.3. The molecule has 0 aliphatic carbocycles. The van der Waals surface area contributed by atoms with Crippen molar-refractivity contribution in [3.05, 3.63) is 83.9 Å². The first kappa shape index (κ1) is 33.3. The fraction of sp³-hybridized carbons (Fsp3) is 0.375. The second-order valence-electron chi connectivity index (χ2n) is 10.0. The quantitative estimate of drug-likeness (QED) is 0.243. The van der Waals surface area contributed by atoms with Gasteiger partial charge in [-0.25, -0.2) is 8.42 Å². The highest BCUT2D eigenvalue weighted by Gasteiger charge is 2.33. The third kappa shape index (κ3) is 9.37. The molecular weight excluding hydrogens is 570 g/mol. The molecule has 1 atom stereocenters. The zero-order chi connectivity index (χ0) is 31.4. The maximum atomic E-state index is 14.3. The summed E-state index contributed by atoms with van der Waals surface area (Å²) < 4.78 is 43.3. The molecule has 0 aliphatic rings. The van der Waals surface area contributed by atoms with Crippen LogP contribution < -0.4 is 23.8 Å². The highest BCUT2D eigenvalue weighted by molar-refractivity contribution is 7.92. The summed E-state index contributed by atoms with van der Waals surface area (Å²) in [5.74, 6) is 0.401. The van der Waals surface area contributed by atoms with Crippen LogP contribution in [0.3, 0.4) is 0 Å². The number of nitrogens with zero attached hydrogens (tertiary/aromatic N) is 2. The van der Waals surface area contributed by atoms with Gasteiger partial charge in [-0.05, 0) is 41.8 Å². The van der Waals surface area contributed by atoms with Crippen LogP contribution in [0, 0.1) is 0 Å². The van der Waals surface area contributed by atoms with Crippen LogP contribution in [0.4, 0.5) is 5.69 Å². The minimum atomic E-state index is -3.96. The molecule has 3 aromatic carbocycles. The lowest BCUT2D eigenvalue weighted by Gasteiger charge is -2.33. The molecule has 3 aromatic rings. The van der Waals surface area contributed by atoms with Crippen LogP contribution >= 0.6 is 0 Å². The van der Waals surface area contributed by atoms with Gasteiger partial charge in [0.2, 0.25) is 21.8 Å². The van der Waals surface area contributed by atoms with Gasteiger partial charge in [0.25, 0.3) is 0 Å². The zero-order valence-corrected chi connectivity index (χ0v) is 26.2. The van der Waals surface area contributed by atoms with Gasteiger partial charge in [0.15, 0.2) is 0 Å². The Balaban J connectivity index is 2.09. The van der Waals surface area contributed by atoms with Crippen molar-refractivity contribution in [2.45, 2.75) is 38.8 Å². The van der Waals surface area contributed by atoms with Crippen molar-refractivity contribution >= 4 is 27.5 Å². The third-order valence-corrected chi connectivity index (χ3v) is 8.05. The average molecular weight is 612 g/mol. The number of sulfonamides is 1. The number of nitrogens with one attached hydrogen (secondary N) is 1. The fourth-order valence-electron chi connectivity index (χ4n) is 4.61. The smallest absolute Gasteiger partial charge is 0.244 e. The topological polar surface area (TPSA) is 114 Å². The summed E-state index contributed by atoms with van der Waals surface area (Å²) in [6, 6.07) is 20.4. The van der Waals surface area contributed by atoms with Crippen molar-refractivity contribution in [2.75, 3.05) is 45.0 Å². The second kappa shape index (κ2) is 15.8. The summed E-state index contributed by atoms with van der Waals surface area (Å²) in [6.07, 6.45) is 2.93. The molecule has 0 aromatic heterocycles. The lowest BCUT2D eigenvalue weighted by atomic mass is 10.0. The standard InChI is InChI=1S/C32H41N3O7S/c1-6-7-18-33-32(37)29(20-24-12-9-8-10-13-24)34(22-25-14-11-15-26(19-25)40-2)31(36)23-35(43(5,38)39)28-17-16-27(41-3)21-30(28)42-4/h8-17,19,21,29H,6-7,18,20,22-23H2,1-5H3,(H,33,37)/t29-/m0/s1. The molecule has 1 N–H and O–H groups in total. The number of carbonyl (C=O) groups is 2. The van der Waals surface area contributed by atoms with Crippen molar-refractivity contribution in [3.8, 4) is 17.2 Å². The first-order valence-corrected chi connectivity index (χ1v) is 15.9. The number of unbranched alkanes of at least 4 members (excludes halogenated alkanes) is 1.